The molecule has 0 unspecified atom stereocenters. The number of carbonyl (C=O) groups is 2. The summed E-state index contributed by atoms with van der Waals surface area (Å²) in [4.78, 5) is 26.3. The van der Waals surface area contributed by atoms with Gasteiger partial charge in [0, 0.05) is 36.7 Å². The monoisotopic (exact) mass is 378 g/mol. The molecular formula is C21H22N4O3. The van der Waals surface area contributed by atoms with Crippen LogP contribution in [0, 0.1) is 0 Å². The second-order valence-electron chi connectivity index (χ2n) is 6.36. The summed E-state index contributed by atoms with van der Waals surface area (Å²) < 4.78 is 5.16. The van der Waals surface area contributed by atoms with E-state index in [0.29, 0.717) is 29.2 Å². The van der Waals surface area contributed by atoms with Crippen LogP contribution in [0.1, 0.15) is 16.1 Å². The molecule has 28 heavy (non-hydrogen) atoms. The van der Waals surface area contributed by atoms with Crippen LogP contribution in [0.3, 0.4) is 0 Å². The van der Waals surface area contributed by atoms with Crippen LogP contribution in [-0.4, -0.2) is 26.0 Å². The van der Waals surface area contributed by atoms with E-state index >= 15 is 0 Å². The van der Waals surface area contributed by atoms with Gasteiger partial charge in [-0.3, -0.25) is 4.79 Å². The fourth-order valence-corrected chi connectivity index (χ4v) is 2.52. The first-order chi connectivity index (χ1) is 13.5. The number of carbonyl (C=O) groups excluding carboxylic acids is 2. The van der Waals surface area contributed by atoms with Crippen molar-refractivity contribution in [2.45, 2.75) is 6.54 Å². The summed E-state index contributed by atoms with van der Waals surface area (Å²) in [6, 6.07) is 17.5. The van der Waals surface area contributed by atoms with Gasteiger partial charge in [-0.2, -0.15) is 0 Å². The molecule has 3 aromatic rings. The van der Waals surface area contributed by atoms with Gasteiger partial charge in [0.2, 0.25) is 0 Å². The van der Waals surface area contributed by atoms with E-state index in [9.17, 15) is 9.59 Å². The molecule has 0 aliphatic rings. The number of hydrogen-bond acceptors (Lipinski definition) is 4. The van der Waals surface area contributed by atoms with Crippen LogP contribution in [0.15, 0.2) is 71.3 Å². The largest absolute Gasteiger partial charge is 0.467 e. The Morgan fingerprint density at radius 3 is 2.29 bits per heavy atom. The number of anilines is 3. The minimum absolute atomic E-state index is 0.194. The first kappa shape index (κ1) is 19.0. The van der Waals surface area contributed by atoms with Crippen molar-refractivity contribution < 1.29 is 14.0 Å². The van der Waals surface area contributed by atoms with Gasteiger partial charge in [-0.1, -0.05) is 6.07 Å². The fraction of sp³-hybridized carbons (Fsp3) is 0.143. The molecule has 1 aromatic heterocycles. The van der Waals surface area contributed by atoms with E-state index in [1.54, 1.807) is 48.7 Å². The average Bonchev–Trinajstić information content (AvgIpc) is 3.21. The molecule has 1 heterocycles. The predicted molar refractivity (Wildman–Crippen MR) is 110 cm³/mol. The van der Waals surface area contributed by atoms with Crippen molar-refractivity contribution >= 4 is 29.0 Å². The smallest absolute Gasteiger partial charge is 0.319 e. The zero-order valence-corrected chi connectivity index (χ0v) is 15.7. The van der Waals surface area contributed by atoms with Gasteiger partial charge >= 0.3 is 6.03 Å². The maximum Gasteiger partial charge on any atom is 0.319 e. The molecule has 0 aliphatic carbocycles. The van der Waals surface area contributed by atoms with Crippen LogP contribution in [0.2, 0.25) is 0 Å². The summed E-state index contributed by atoms with van der Waals surface area (Å²) in [5.74, 6) is 0.479. The van der Waals surface area contributed by atoms with E-state index in [1.165, 1.54) is 0 Å². The van der Waals surface area contributed by atoms with Crippen molar-refractivity contribution in [3.8, 4) is 0 Å². The van der Waals surface area contributed by atoms with Gasteiger partial charge in [-0.15, -0.1) is 0 Å². The second-order valence-corrected chi connectivity index (χ2v) is 6.36. The molecule has 0 saturated carbocycles. The highest BCUT2D eigenvalue weighted by molar-refractivity contribution is 6.05. The Morgan fingerprint density at radius 1 is 0.929 bits per heavy atom. The summed E-state index contributed by atoms with van der Waals surface area (Å²) in [5, 5.41) is 8.28. The van der Waals surface area contributed by atoms with E-state index in [2.05, 4.69) is 16.0 Å². The third-order valence-electron chi connectivity index (χ3n) is 4.03. The van der Waals surface area contributed by atoms with Crippen LogP contribution in [-0.2, 0) is 6.54 Å². The molecule has 2 aromatic carbocycles. The molecule has 0 aliphatic heterocycles. The van der Waals surface area contributed by atoms with Crippen molar-refractivity contribution in [2.24, 2.45) is 0 Å². The van der Waals surface area contributed by atoms with Crippen LogP contribution < -0.4 is 20.9 Å². The number of amides is 3. The molecule has 3 rings (SSSR count). The van der Waals surface area contributed by atoms with Gasteiger partial charge in [0.15, 0.2) is 0 Å². The first-order valence-electron chi connectivity index (χ1n) is 8.77. The molecule has 3 amide bonds. The highest BCUT2D eigenvalue weighted by atomic mass is 16.3. The predicted octanol–water partition coefficient (Wildman–Crippen LogP) is 3.92. The Labute approximate surface area is 163 Å². The second kappa shape index (κ2) is 8.77. The van der Waals surface area contributed by atoms with Crippen molar-refractivity contribution in [1.82, 2.24) is 5.32 Å². The lowest BCUT2D eigenvalue weighted by atomic mass is 10.1. The van der Waals surface area contributed by atoms with Crippen LogP contribution in [0.5, 0.6) is 0 Å². The van der Waals surface area contributed by atoms with E-state index < -0.39 is 0 Å². The Kier molecular flexibility index (Phi) is 5.96. The van der Waals surface area contributed by atoms with Crippen molar-refractivity contribution in [3.05, 3.63) is 78.3 Å². The van der Waals surface area contributed by atoms with E-state index in [1.807, 2.05) is 37.2 Å². The molecule has 0 atom stereocenters. The summed E-state index contributed by atoms with van der Waals surface area (Å²) in [6.45, 7) is 0.305. The SMILES string of the molecule is CN(C)c1cccc(C(=O)Nc2ccc(NC(=O)NCc3ccco3)cc2)c1. The molecule has 0 spiro atoms. The standard InChI is InChI=1S/C21H22N4O3/c1-25(2)18-6-3-5-15(13-18)20(26)23-16-8-10-17(11-9-16)24-21(27)22-14-19-7-4-12-28-19/h3-13H,14H2,1-2H3,(H,23,26)(H2,22,24,27). The maximum absolute atomic E-state index is 12.4. The molecule has 0 radical (unpaired) electrons. The number of hydrogen-bond donors (Lipinski definition) is 3. The zero-order chi connectivity index (χ0) is 19.9. The summed E-state index contributed by atoms with van der Waals surface area (Å²) >= 11 is 0. The molecule has 7 heteroatoms. The van der Waals surface area contributed by atoms with Crippen molar-refractivity contribution in [2.75, 3.05) is 29.6 Å². The summed E-state index contributed by atoms with van der Waals surface area (Å²) in [7, 11) is 3.85. The van der Waals surface area contributed by atoms with E-state index in [0.717, 1.165) is 5.69 Å². The lowest BCUT2D eigenvalue weighted by molar-refractivity contribution is 0.102. The lowest BCUT2D eigenvalue weighted by Crippen LogP contribution is -2.27. The Hall–Kier alpha value is -3.74. The maximum atomic E-state index is 12.4. The highest BCUT2D eigenvalue weighted by Crippen LogP contribution is 2.17. The minimum Gasteiger partial charge on any atom is -0.467 e. The number of urea groups is 1. The third-order valence-corrected chi connectivity index (χ3v) is 4.03. The lowest BCUT2D eigenvalue weighted by Gasteiger charge is -2.13. The van der Waals surface area contributed by atoms with Crippen LogP contribution >= 0.6 is 0 Å². The van der Waals surface area contributed by atoms with E-state index in [-0.39, 0.29) is 11.9 Å². The summed E-state index contributed by atoms with van der Waals surface area (Å²) in [6.07, 6.45) is 1.55. The van der Waals surface area contributed by atoms with Gasteiger partial charge in [-0.05, 0) is 54.6 Å². The van der Waals surface area contributed by atoms with Gasteiger partial charge in [0.05, 0.1) is 12.8 Å². The summed E-state index contributed by atoms with van der Waals surface area (Å²) in [5.41, 5.74) is 2.78. The Balaban J connectivity index is 1.54. The van der Waals surface area contributed by atoms with Gasteiger partial charge in [0.1, 0.15) is 5.76 Å². The number of rotatable bonds is 6. The minimum atomic E-state index is -0.339. The van der Waals surface area contributed by atoms with Crippen molar-refractivity contribution in [1.29, 1.82) is 0 Å². The Morgan fingerprint density at radius 2 is 1.64 bits per heavy atom. The molecular weight excluding hydrogens is 356 g/mol. The molecule has 7 nitrogen and oxygen atoms in total. The quantitative estimate of drug-likeness (QED) is 0.607. The number of benzene rings is 2. The zero-order valence-electron chi connectivity index (χ0n) is 15.7. The highest BCUT2D eigenvalue weighted by Gasteiger charge is 2.08. The van der Waals surface area contributed by atoms with Gasteiger partial charge in [0.25, 0.3) is 5.91 Å². The fourth-order valence-electron chi connectivity index (χ4n) is 2.52. The third kappa shape index (κ3) is 5.14. The molecule has 0 saturated heterocycles. The van der Waals surface area contributed by atoms with Crippen LogP contribution in [0.25, 0.3) is 0 Å². The van der Waals surface area contributed by atoms with Gasteiger partial charge < -0.3 is 25.3 Å². The first-order valence-corrected chi connectivity index (χ1v) is 8.77. The Bertz CT molecular complexity index is 935. The topological polar surface area (TPSA) is 86.6 Å². The average molecular weight is 378 g/mol. The number of nitrogens with zero attached hydrogens (tertiary/aromatic N) is 1. The van der Waals surface area contributed by atoms with E-state index in [4.69, 9.17) is 4.42 Å². The molecule has 3 N–H and O–H groups in total. The number of furan rings is 1. The van der Waals surface area contributed by atoms with Crippen LogP contribution in [0.4, 0.5) is 21.9 Å². The molecule has 144 valence electrons. The molecule has 0 bridgehead atoms. The normalized spacial score (nSPS) is 10.2. The molecule has 0 fully saturated rings. The van der Waals surface area contributed by atoms with Gasteiger partial charge in [-0.25, -0.2) is 4.79 Å². The number of nitrogens with one attached hydrogen (secondary N) is 3. The van der Waals surface area contributed by atoms with Crippen molar-refractivity contribution in [3.63, 3.8) is 0 Å².